The number of halogens is 1. The Balaban J connectivity index is 2.90. The van der Waals surface area contributed by atoms with Gasteiger partial charge in [0.05, 0.1) is 17.4 Å². The van der Waals surface area contributed by atoms with Gasteiger partial charge in [0.2, 0.25) is 0 Å². The lowest BCUT2D eigenvalue weighted by atomic mass is 10.2. The van der Waals surface area contributed by atoms with Crippen LogP contribution in [-0.4, -0.2) is 22.1 Å². The summed E-state index contributed by atoms with van der Waals surface area (Å²) in [4.78, 5) is 20.2. The van der Waals surface area contributed by atoms with Gasteiger partial charge in [-0.25, -0.2) is 4.39 Å². The lowest BCUT2D eigenvalue weighted by Gasteiger charge is -2.12. The van der Waals surface area contributed by atoms with Crippen LogP contribution < -0.4 is 4.74 Å². The molecule has 1 rings (SSSR count). The van der Waals surface area contributed by atoms with Gasteiger partial charge in [0.15, 0.2) is 5.75 Å². The molecule has 1 atom stereocenters. The second-order valence-corrected chi connectivity index (χ2v) is 3.40. The van der Waals surface area contributed by atoms with E-state index in [1.165, 1.54) is 6.92 Å². The summed E-state index contributed by atoms with van der Waals surface area (Å²) in [5.41, 5.74) is -0.526. The lowest BCUT2D eigenvalue weighted by molar-refractivity contribution is -0.386. The van der Waals surface area contributed by atoms with Gasteiger partial charge in [0, 0.05) is 0 Å². The second kappa shape index (κ2) is 5.24. The minimum Gasteiger partial charge on any atom is -0.483 e. The fraction of sp³-hybridized carbons (Fsp3) is 0.300. The molecule has 17 heavy (non-hydrogen) atoms. The van der Waals surface area contributed by atoms with Gasteiger partial charge in [-0.2, -0.15) is 0 Å². The first kappa shape index (κ1) is 12.9. The van der Waals surface area contributed by atoms with Crippen molar-refractivity contribution in [2.24, 2.45) is 0 Å². The summed E-state index contributed by atoms with van der Waals surface area (Å²) in [5.74, 6) is -1.98. The van der Waals surface area contributed by atoms with Crippen molar-refractivity contribution in [2.75, 3.05) is 0 Å². The van der Waals surface area contributed by atoms with Gasteiger partial charge in [0.1, 0.15) is 11.9 Å². The molecule has 0 amide bonds. The molecule has 0 bridgehead atoms. The molecule has 0 heterocycles. The van der Waals surface area contributed by atoms with Crippen LogP contribution >= 0.6 is 0 Å². The van der Waals surface area contributed by atoms with Crippen molar-refractivity contribution in [3.8, 4) is 5.75 Å². The Morgan fingerprint density at radius 3 is 2.82 bits per heavy atom. The van der Waals surface area contributed by atoms with Crippen LogP contribution in [0.15, 0.2) is 18.2 Å². The number of nitro groups is 1. The summed E-state index contributed by atoms with van der Waals surface area (Å²) in [6.07, 6.45) is -1.04. The molecule has 0 fully saturated rings. The number of carboxylic acid groups (broad SMARTS) is 1. The molecule has 1 N–H and O–H groups in total. The highest BCUT2D eigenvalue weighted by Crippen LogP contribution is 2.28. The largest absolute Gasteiger partial charge is 0.483 e. The van der Waals surface area contributed by atoms with Gasteiger partial charge in [-0.1, -0.05) is 0 Å². The van der Waals surface area contributed by atoms with E-state index in [2.05, 4.69) is 0 Å². The van der Waals surface area contributed by atoms with Crippen molar-refractivity contribution in [1.82, 2.24) is 0 Å². The predicted octanol–water partition coefficient (Wildman–Crippen LogP) is 1.98. The van der Waals surface area contributed by atoms with E-state index in [1.807, 2.05) is 0 Å². The molecule has 7 heteroatoms. The highest BCUT2D eigenvalue weighted by atomic mass is 19.1. The smallest absolute Gasteiger partial charge is 0.313 e. The first-order valence-corrected chi connectivity index (χ1v) is 4.72. The molecule has 1 unspecified atom stereocenters. The normalized spacial score (nSPS) is 11.9. The molecule has 0 spiro atoms. The molecule has 0 saturated carbocycles. The molecule has 1 aromatic carbocycles. The van der Waals surface area contributed by atoms with Gasteiger partial charge in [-0.3, -0.25) is 14.9 Å². The number of nitro benzene ring substituents is 1. The molecule has 0 saturated heterocycles. The summed E-state index contributed by atoms with van der Waals surface area (Å²) in [7, 11) is 0. The van der Waals surface area contributed by atoms with E-state index in [0.717, 1.165) is 18.2 Å². The Morgan fingerprint density at radius 1 is 1.65 bits per heavy atom. The molecular formula is C10H10FNO5. The molecule has 92 valence electrons. The number of rotatable bonds is 5. The van der Waals surface area contributed by atoms with Crippen LogP contribution in [0.3, 0.4) is 0 Å². The third-order valence-corrected chi connectivity index (χ3v) is 1.91. The maximum Gasteiger partial charge on any atom is 0.313 e. The SMILES string of the molecule is CC(CC(=O)O)Oc1ccc(F)cc1[N+](=O)[O-]. The van der Waals surface area contributed by atoms with E-state index in [4.69, 9.17) is 9.84 Å². The average molecular weight is 243 g/mol. The zero-order valence-corrected chi connectivity index (χ0v) is 8.92. The molecule has 0 aliphatic heterocycles. The predicted molar refractivity (Wildman–Crippen MR) is 55.4 cm³/mol. The molecule has 0 aromatic heterocycles. The maximum absolute atomic E-state index is 12.8. The van der Waals surface area contributed by atoms with Crippen molar-refractivity contribution in [1.29, 1.82) is 0 Å². The van der Waals surface area contributed by atoms with Crippen LogP contribution in [0.2, 0.25) is 0 Å². The van der Waals surface area contributed by atoms with Crippen LogP contribution in [-0.2, 0) is 4.79 Å². The first-order chi connectivity index (χ1) is 7.90. The molecule has 0 radical (unpaired) electrons. The van der Waals surface area contributed by atoms with Crippen molar-refractivity contribution in [3.63, 3.8) is 0 Å². The van der Waals surface area contributed by atoms with Crippen molar-refractivity contribution < 1.29 is 24.0 Å². The summed E-state index contributed by atoms with van der Waals surface area (Å²) in [5, 5.41) is 19.1. The van der Waals surface area contributed by atoms with E-state index < -0.39 is 28.5 Å². The lowest BCUT2D eigenvalue weighted by Crippen LogP contribution is -2.17. The fourth-order valence-electron chi connectivity index (χ4n) is 1.24. The number of aliphatic carboxylic acids is 1. The minimum atomic E-state index is -1.08. The van der Waals surface area contributed by atoms with Crippen molar-refractivity contribution in [2.45, 2.75) is 19.4 Å². The van der Waals surface area contributed by atoms with E-state index >= 15 is 0 Å². The summed E-state index contributed by atoms with van der Waals surface area (Å²) in [6.45, 7) is 1.46. The van der Waals surface area contributed by atoms with Crippen LogP contribution in [0.4, 0.5) is 10.1 Å². The van der Waals surface area contributed by atoms with Crippen LogP contribution in [0, 0.1) is 15.9 Å². The number of benzene rings is 1. The van der Waals surface area contributed by atoms with Gasteiger partial charge in [0.25, 0.3) is 0 Å². The Bertz CT molecular complexity index is 448. The third-order valence-electron chi connectivity index (χ3n) is 1.91. The molecule has 1 aromatic rings. The standard InChI is InChI=1S/C10H10FNO5/c1-6(4-10(13)14)17-9-3-2-7(11)5-8(9)12(15)16/h2-3,5-6H,4H2,1H3,(H,13,14). The monoisotopic (exact) mass is 243 g/mol. The van der Waals surface area contributed by atoms with Gasteiger partial charge in [-0.15, -0.1) is 0 Å². The molecule has 6 nitrogen and oxygen atoms in total. The topological polar surface area (TPSA) is 89.7 Å². The average Bonchev–Trinajstić information content (AvgIpc) is 2.19. The highest BCUT2D eigenvalue weighted by molar-refractivity contribution is 5.67. The Kier molecular flexibility index (Phi) is 3.97. The second-order valence-electron chi connectivity index (χ2n) is 3.40. The zero-order chi connectivity index (χ0) is 13.0. The highest BCUT2D eigenvalue weighted by Gasteiger charge is 2.19. The van der Waals surface area contributed by atoms with Gasteiger partial charge < -0.3 is 9.84 Å². The Labute approximate surface area is 95.8 Å². The molecular weight excluding hydrogens is 233 g/mol. The zero-order valence-electron chi connectivity index (χ0n) is 8.92. The van der Waals surface area contributed by atoms with E-state index in [1.54, 1.807) is 0 Å². The van der Waals surface area contributed by atoms with E-state index in [9.17, 15) is 19.3 Å². The Morgan fingerprint density at radius 2 is 2.29 bits per heavy atom. The molecule has 0 aliphatic carbocycles. The van der Waals surface area contributed by atoms with E-state index in [0.29, 0.717) is 0 Å². The summed E-state index contributed by atoms with van der Waals surface area (Å²) < 4.78 is 17.9. The fourth-order valence-corrected chi connectivity index (χ4v) is 1.24. The first-order valence-electron chi connectivity index (χ1n) is 4.72. The number of hydrogen-bond acceptors (Lipinski definition) is 4. The summed E-state index contributed by atoms with van der Waals surface area (Å²) in [6, 6.07) is 2.84. The third kappa shape index (κ3) is 3.71. The number of hydrogen-bond donors (Lipinski definition) is 1. The number of carbonyl (C=O) groups is 1. The van der Waals surface area contributed by atoms with Gasteiger partial charge in [-0.05, 0) is 19.1 Å². The van der Waals surface area contributed by atoms with Crippen LogP contribution in [0.5, 0.6) is 5.75 Å². The minimum absolute atomic E-state index is 0.148. The van der Waals surface area contributed by atoms with Crippen molar-refractivity contribution >= 4 is 11.7 Å². The summed E-state index contributed by atoms with van der Waals surface area (Å²) >= 11 is 0. The number of ether oxygens (including phenoxy) is 1. The van der Waals surface area contributed by atoms with Crippen LogP contribution in [0.25, 0.3) is 0 Å². The van der Waals surface area contributed by atoms with Crippen LogP contribution in [0.1, 0.15) is 13.3 Å². The van der Waals surface area contributed by atoms with Gasteiger partial charge >= 0.3 is 11.7 Å². The molecule has 0 aliphatic rings. The van der Waals surface area contributed by atoms with Crippen molar-refractivity contribution in [3.05, 3.63) is 34.1 Å². The maximum atomic E-state index is 12.8. The quantitative estimate of drug-likeness (QED) is 0.630. The number of carboxylic acids is 1. The van der Waals surface area contributed by atoms with E-state index in [-0.39, 0.29) is 12.2 Å². The Hall–Kier alpha value is -2.18. The number of nitrogens with zero attached hydrogens (tertiary/aromatic N) is 1.